The van der Waals surface area contributed by atoms with E-state index in [0.29, 0.717) is 18.7 Å². The van der Waals surface area contributed by atoms with E-state index in [9.17, 15) is 17.8 Å². The van der Waals surface area contributed by atoms with E-state index in [1.807, 2.05) is 5.43 Å². The second-order valence-corrected chi connectivity index (χ2v) is 5.40. The van der Waals surface area contributed by atoms with Gasteiger partial charge in [0.15, 0.2) is 11.6 Å². The first-order chi connectivity index (χ1) is 8.95. The standard InChI is InChI=1S/C11H15F2N3O2S/c1-19(18)4-2-3-15-11(17)7-5-8(12)10(16-14)9(13)6-7/h5-6,16H,2-4,14H2,1H3,(H,15,17). The van der Waals surface area contributed by atoms with Gasteiger partial charge in [0.2, 0.25) is 0 Å². The molecule has 4 N–H and O–H groups in total. The molecule has 0 saturated carbocycles. The summed E-state index contributed by atoms with van der Waals surface area (Å²) in [6, 6.07) is 1.79. The number of hydrogen-bond donors (Lipinski definition) is 3. The third kappa shape index (κ3) is 4.56. The number of benzene rings is 1. The minimum absolute atomic E-state index is 0.133. The maximum Gasteiger partial charge on any atom is 0.251 e. The molecule has 0 bridgehead atoms. The summed E-state index contributed by atoms with van der Waals surface area (Å²) in [6.45, 7) is 0.290. The predicted molar refractivity (Wildman–Crippen MR) is 70.1 cm³/mol. The number of halogens is 2. The van der Waals surface area contributed by atoms with Gasteiger partial charge in [0, 0.05) is 34.9 Å². The number of hydrazine groups is 1. The van der Waals surface area contributed by atoms with Crippen molar-refractivity contribution >= 4 is 22.4 Å². The summed E-state index contributed by atoms with van der Waals surface area (Å²) in [5.41, 5.74) is 1.26. The third-order valence-electron chi connectivity index (χ3n) is 2.34. The van der Waals surface area contributed by atoms with E-state index in [4.69, 9.17) is 5.84 Å². The van der Waals surface area contributed by atoms with E-state index in [2.05, 4.69) is 5.32 Å². The van der Waals surface area contributed by atoms with Gasteiger partial charge in [-0.1, -0.05) is 0 Å². The molecule has 0 saturated heterocycles. The molecule has 1 amide bonds. The van der Waals surface area contributed by atoms with E-state index in [1.165, 1.54) is 0 Å². The maximum absolute atomic E-state index is 13.4. The normalized spacial score (nSPS) is 12.0. The SMILES string of the molecule is CS(=O)CCCNC(=O)c1cc(F)c(NN)c(F)c1. The molecule has 1 aromatic rings. The Hall–Kier alpha value is -1.54. The lowest BCUT2D eigenvalue weighted by Gasteiger charge is -2.08. The second kappa shape index (κ2) is 7.15. The van der Waals surface area contributed by atoms with E-state index in [1.54, 1.807) is 6.26 Å². The van der Waals surface area contributed by atoms with Crippen LogP contribution in [0.4, 0.5) is 14.5 Å². The first kappa shape index (κ1) is 15.5. The van der Waals surface area contributed by atoms with Gasteiger partial charge in [0.1, 0.15) is 5.69 Å². The molecule has 8 heteroatoms. The molecule has 1 unspecified atom stereocenters. The van der Waals surface area contributed by atoms with Crippen LogP contribution in [0.3, 0.4) is 0 Å². The minimum Gasteiger partial charge on any atom is -0.352 e. The fraction of sp³-hybridized carbons (Fsp3) is 0.364. The Kier molecular flexibility index (Phi) is 5.84. The van der Waals surface area contributed by atoms with Crippen molar-refractivity contribution in [2.24, 2.45) is 5.84 Å². The van der Waals surface area contributed by atoms with Crippen molar-refractivity contribution in [3.05, 3.63) is 29.3 Å². The minimum atomic E-state index is -0.942. The molecule has 0 fully saturated rings. The van der Waals surface area contributed by atoms with Crippen molar-refractivity contribution < 1.29 is 17.8 Å². The zero-order valence-electron chi connectivity index (χ0n) is 10.3. The molecule has 0 aliphatic rings. The van der Waals surface area contributed by atoms with Gasteiger partial charge in [0.05, 0.1) is 0 Å². The molecular formula is C11H15F2N3O2S. The lowest BCUT2D eigenvalue weighted by atomic mass is 10.1. The summed E-state index contributed by atoms with van der Waals surface area (Å²) < 4.78 is 37.5. The maximum atomic E-state index is 13.4. The van der Waals surface area contributed by atoms with Crippen molar-refractivity contribution in [3.8, 4) is 0 Å². The van der Waals surface area contributed by atoms with Crippen LogP contribution >= 0.6 is 0 Å². The highest BCUT2D eigenvalue weighted by atomic mass is 32.2. The van der Waals surface area contributed by atoms with Crippen molar-refractivity contribution in [2.45, 2.75) is 6.42 Å². The molecule has 1 rings (SSSR count). The lowest BCUT2D eigenvalue weighted by Crippen LogP contribution is -2.26. The van der Waals surface area contributed by atoms with Crippen LogP contribution in [-0.4, -0.2) is 28.7 Å². The topological polar surface area (TPSA) is 84.2 Å². The molecular weight excluding hydrogens is 276 g/mol. The summed E-state index contributed by atoms with van der Waals surface area (Å²) in [6.07, 6.45) is 2.09. The molecule has 0 radical (unpaired) electrons. The Balaban J connectivity index is 2.65. The number of anilines is 1. The Morgan fingerprint density at radius 3 is 2.42 bits per heavy atom. The number of rotatable bonds is 6. The van der Waals surface area contributed by atoms with E-state index >= 15 is 0 Å². The predicted octanol–water partition coefficient (Wildman–Crippen LogP) is 0.749. The molecule has 0 spiro atoms. The van der Waals surface area contributed by atoms with Crippen LogP contribution in [0.5, 0.6) is 0 Å². The molecule has 0 aromatic heterocycles. The van der Waals surface area contributed by atoms with Gasteiger partial charge in [0.25, 0.3) is 5.91 Å². The number of carbonyl (C=O) groups is 1. The van der Waals surface area contributed by atoms with Gasteiger partial charge in [-0.2, -0.15) is 0 Å². The average molecular weight is 291 g/mol. The first-order valence-corrected chi connectivity index (χ1v) is 7.22. The summed E-state index contributed by atoms with van der Waals surface area (Å²) >= 11 is 0. The molecule has 106 valence electrons. The van der Waals surface area contributed by atoms with Crippen LogP contribution in [0.1, 0.15) is 16.8 Å². The zero-order valence-corrected chi connectivity index (χ0v) is 11.2. The Morgan fingerprint density at radius 1 is 1.37 bits per heavy atom. The van der Waals surface area contributed by atoms with E-state index < -0.39 is 34.0 Å². The molecule has 0 aliphatic carbocycles. The van der Waals surface area contributed by atoms with Crippen molar-refractivity contribution in [2.75, 3.05) is 24.0 Å². The number of amides is 1. The van der Waals surface area contributed by atoms with Gasteiger partial charge in [-0.25, -0.2) is 8.78 Å². The number of carbonyl (C=O) groups excluding carboxylic acids is 1. The van der Waals surface area contributed by atoms with Gasteiger partial charge < -0.3 is 10.7 Å². The fourth-order valence-electron chi connectivity index (χ4n) is 1.42. The molecule has 5 nitrogen and oxygen atoms in total. The Bertz CT molecular complexity index is 474. The third-order valence-corrected chi connectivity index (χ3v) is 3.21. The van der Waals surface area contributed by atoms with Gasteiger partial charge in [-0.3, -0.25) is 14.8 Å². The number of nitrogens with one attached hydrogen (secondary N) is 2. The van der Waals surface area contributed by atoms with E-state index in [-0.39, 0.29) is 5.56 Å². The smallest absolute Gasteiger partial charge is 0.251 e. The Labute approximate surface area is 112 Å². The number of nitrogens with two attached hydrogens (primary N) is 1. The van der Waals surface area contributed by atoms with E-state index in [0.717, 1.165) is 12.1 Å². The van der Waals surface area contributed by atoms with Gasteiger partial charge in [-0.15, -0.1) is 0 Å². The molecule has 19 heavy (non-hydrogen) atoms. The first-order valence-electron chi connectivity index (χ1n) is 5.49. The van der Waals surface area contributed by atoms with Gasteiger partial charge >= 0.3 is 0 Å². The largest absolute Gasteiger partial charge is 0.352 e. The van der Waals surface area contributed by atoms with Crippen LogP contribution < -0.4 is 16.6 Å². The highest BCUT2D eigenvalue weighted by Gasteiger charge is 2.14. The highest BCUT2D eigenvalue weighted by Crippen LogP contribution is 2.19. The summed E-state index contributed by atoms with van der Waals surface area (Å²) in [5.74, 6) is 2.92. The van der Waals surface area contributed by atoms with Gasteiger partial charge in [-0.05, 0) is 18.6 Å². The van der Waals surface area contributed by atoms with Crippen LogP contribution in [0.2, 0.25) is 0 Å². The van der Waals surface area contributed by atoms with Crippen molar-refractivity contribution in [1.29, 1.82) is 0 Å². The fourth-order valence-corrected chi connectivity index (χ4v) is 1.97. The molecule has 1 atom stereocenters. The average Bonchev–Trinajstić information content (AvgIpc) is 2.33. The van der Waals surface area contributed by atoms with Crippen LogP contribution in [0, 0.1) is 11.6 Å². The summed E-state index contributed by atoms with van der Waals surface area (Å²) in [7, 11) is -0.930. The highest BCUT2D eigenvalue weighted by molar-refractivity contribution is 7.84. The molecule has 1 aromatic carbocycles. The summed E-state index contributed by atoms with van der Waals surface area (Å²) in [5, 5.41) is 2.49. The zero-order chi connectivity index (χ0) is 14.4. The van der Waals surface area contributed by atoms with Crippen LogP contribution in [-0.2, 0) is 10.8 Å². The second-order valence-electron chi connectivity index (χ2n) is 3.85. The van der Waals surface area contributed by atoms with Crippen molar-refractivity contribution in [1.82, 2.24) is 5.32 Å². The molecule has 0 aliphatic heterocycles. The number of hydrogen-bond acceptors (Lipinski definition) is 4. The summed E-state index contributed by atoms with van der Waals surface area (Å²) in [4.78, 5) is 11.6. The molecule has 0 heterocycles. The monoisotopic (exact) mass is 291 g/mol. The van der Waals surface area contributed by atoms with Crippen LogP contribution in [0.15, 0.2) is 12.1 Å². The van der Waals surface area contributed by atoms with Crippen molar-refractivity contribution in [3.63, 3.8) is 0 Å². The number of nitrogen functional groups attached to an aromatic ring is 1. The quantitative estimate of drug-likeness (QED) is 0.410. The Morgan fingerprint density at radius 2 is 1.95 bits per heavy atom. The lowest BCUT2D eigenvalue weighted by molar-refractivity contribution is 0.0953. The van der Waals surface area contributed by atoms with Crippen LogP contribution in [0.25, 0.3) is 0 Å².